The molecule has 0 saturated carbocycles. The zero-order valence-electron chi connectivity index (χ0n) is 29.2. The van der Waals surface area contributed by atoms with Gasteiger partial charge in [0.15, 0.2) is 6.29 Å². The van der Waals surface area contributed by atoms with E-state index in [2.05, 4.69) is 49.5 Å². The van der Waals surface area contributed by atoms with Crippen LogP contribution in [-0.2, 0) is 14.3 Å². The lowest BCUT2D eigenvalue weighted by Crippen LogP contribution is -2.60. The van der Waals surface area contributed by atoms with Crippen molar-refractivity contribution in [3.63, 3.8) is 0 Å². The lowest BCUT2D eigenvalue weighted by Gasteiger charge is -2.40. The minimum atomic E-state index is -1.68. The summed E-state index contributed by atoms with van der Waals surface area (Å²) >= 11 is 0. The molecule has 0 aromatic heterocycles. The molecule has 0 aromatic carbocycles. The summed E-state index contributed by atoms with van der Waals surface area (Å²) in [6, 6.07) is -1.21. The van der Waals surface area contributed by atoms with Crippen LogP contribution in [0.15, 0.2) is 48.6 Å². The van der Waals surface area contributed by atoms with E-state index in [9.17, 15) is 40.5 Å². The van der Waals surface area contributed by atoms with Crippen molar-refractivity contribution in [2.24, 2.45) is 0 Å². The summed E-state index contributed by atoms with van der Waals surface area (Å²) in [6.07, 6.45) is 17.8. The number of nitrogens with one attached hydrogen (secondary N) is 1. The van der Waals surface area contributed by atoms with Gasteiger partial charge in [-0.25, -0.2) is 0 Å². The number of ether oxygens (including phenoxy) is 2. The van der Waals surface area contributed by atoms with Gasteiger partial charge in [0.05, 0.1) is 25.4 Å². The molecule has 1 saturated heterocycles. The fraction of sp³-hybridized carbons (Fsp3) is 0.757. The van der Waals surface area contributed by atoms with Gasteiger partial charge in [0.2, 0.25) is 5.91 Å². The van der Waals surface area contributed by atoms with Crippen LogP contribution in [0, 0.1) is 0 Å². The Balaban J connectivity index is 2.67. The van der Waals surface area contributed by atoms with E-state index in [1.54, 1.807) is 0 Å². The third-order valence-electron chi connectivity index (χ3n) is 8.33. The monoisotopic (exact) mass is 683 g/mol. The molecule has 1 heterocycles. The number of hydrogen-bond donors (Lipinski definition) is 8. The normalized spacial score (nSPS) is 24.6. The topological polar surface area (TPSA) is 189 Å². The van der Waals surface area contributed by atoms with Crippen LogP contribution < -0.4 is 5.32 Å². The molecule has 0 bridgehead atoms. The molecule has 1 aliphatic heterocycles. The van der Waals surface area contributed by atoms with Crippen LogP contribution in [0.2, 0.25) is 0 Å². The first kappa shape index (κ1) is 44.1. The molecule has 48 heavy (non-hydrogen) atoms. The highest BCUT2D eigenvalue weighted by Crippen LogP contribution is 2.22. The average molecular weight is 684 g/mol. The minimum absolute atomic E-state index is 0.161. The summed E-state index contributed by atoms with van der Waals surface area (Å²) in [4.78, 5) is 12.9. The van der Waals surface area contributed by atoms with Gasteiger partial charge in [0, 0.05) is 0 Å². The van der Waals surface area contributed by atoms with E-state index in [1.807, 2.05) is 18.2 Å². The summed E-state index contributed by atoms with van der Waals surface area (Å²) in [5, 5.41) is 74.8. The maximum atomic E-state index is 12.9. The van der Waals surface area contributed by atoms with Crippen molar-refractivity contribution in [1.82, 2.24) is 5.32 Å². The number of allylic oxidation sites excluding steroid dienone is 8. The van der Waals surface area contributed by atoms with Gasteiger partial charge in [-0.2, -0.15) is 0 Å². The second kappa shape index (κ2) is 27.8. The van der Waals surface area contributed by atoms with E-state index >= 15 is 0 Å². The maximum absolute atomic E-state index is 12.9. The maximum Gasteiger partial charge on any atom is 0.249 e. The molecule has 0 spiro atoms. The van der Waals surface area contributed by atoms with Gasteiger partial charge in [0.25, 0.3) is 0 Å². The Kier molecular flexibility index (Phi) is 25.6. The van der Waals surface area contributed by atoms with Crippen LogP contribution in [-0.4, -0.2) is 110 Å². The Morgan fingerprint density at radius 1 is 0.729 bits per heavy atom. The van der Waals surface area contributed by atoms with Crippen molar-refractivity contribution in [3.8, 4) is 0 Å². The predicted molar refractivity (Wildman–Crippen MR) is 187 cm³/mol. The Morgan fingerprint density at radius 2 is 1.31 bits per heavy atom. The second-order valence-electron chi connectivity index (χ2n) is 12.5. The van der Waals surface area contributed by atoms with Crippen LogP contribution in [0.4, 0.5) is 0 Å². The van der Waals surface area contributed by atoms with Crippen molar-refractivity contribution >= 4 is 5.91 Å². The Bertz CT molecular complexity index is 924. The van der Waals surface area contributed by atoms with Crippen LogP contribution in [0.1, 0.15) is 110 Å². The first-order chi connectivity index (χ1) is 23.2. The number of aliphatic hydroxyl groups is 7. The molecule has 1 amide bonds. The van der Waals surface area contributed by atoms with Crippen LogP contribution in [0.5, 0.6) is 0 Å². The zero-order valence-corrected chi connectivity index (χ0v) is 29.2. The van der Waals surface area contributed by atoms with Crippen molar-refractivity contribution in [1.29, 1.82) is 0 Å². The summed E-state index contributed by atoms with van der Waals surface area (Å²) in [7, 11) is 0. The number of hydrogen-bond acceptors (Lipinski definition) is 10. The number of carbonyl (C=O) groups excluding carboxylic acids is 1. The van der Waals surface area contributed by atoms with E-state index in [0.29, 0.717) is 19.3 Å². The number of carbonyl (C=O) groups is 1. The van der Waals surface area contributed by atoms with E-state index in [4.69, 9.17) is 9.47 Å². The summed E-state index contributed by atoms with van der Waals surface area (Å²) in [6.45, 7) is 3.17. The predicted octanol–water partition coefficient (Wildman–Crippen LogP) is 3.49. The largest absolute Gasteiger partial charge is 0.394 e. The van der Waals surface area contributed by atoms with Gasteiger partial charge in [-0.1, -0.05) is 81.7 Å². The third-order valence-corrected chi connectivity index (χ3v) is 8.33. The molecule has 0 radical (unpaired) electrons. The van der Waals surface area contributed by atoms with E-state index in [-0.39, 0.29) is 12.8 Å². The molecule has 8 N–H and O–H groups in total. The lowest BCUT2D eigenvalue weighted by molar-refractivity contribution is -0.303. The molecular weight excluding hydrogens is 618 g/mol. The van der Waals surface area contributed by atoms with Gasteiger partial charge < -0.3 is 50.5 Å². The molecule has 1 aliphatic rings. The molecule has 278 valence electrons. The summed E-state index contributed by atoms with van der Waals surface area (Å²) in [5.41, 5.74) is 0. The molecule has 0 aliphatic carbocycles. The second-order valence-corrected chi connectivity index (χ2v) is 12.5. The van der Waals surface area contributed by atoms with Crippen LogP contribution in [0.3, 0.4) is 0 Å². The van der Waals surface area contributed by atoms with E-state index in [0.717, 1.165) is 44.9 Å². The highest BCUT2D eigenvalue weighted by Gasteiger charge is 2.44. The number of aliphatic hydroxyl groups excluding tert-OH is 7. The van der Waals surface area contributed by atoms with Crippen LogP contribution >= 0.6 is 0 Å². The molecule has 11 nitrogen and oxygen atoms in total. The molecule has 9 atom stereocenters. The third kappa shape index (κ3) is 18.7. The average Bonchev–Trinajstić information content (AvgIpc) is 3.08. The molecule has 1 fully saturated rings. The highest BCUT2D eigenvalue weighted by molar-refractivity contribution is 5.80. The lowest BCUT2D eigenvalue weighted by atomic mass is 9.99. The fourth-order valence-corrected chi connectivity index (χ4v) is 5.24. The van der Waals surface area contributed by atoms with Gasteiger partial charge >= 0.3 is 0 Å². The summed E-state index contributed by atoms with van der Waals surface area (Å²) < 4.78 is 11.0. The van der Waals surface area contributed by atoms with E-state index in [1.165, 1.54) is 19.3 Å². The first-order valence-electron chi connectivity index (χ1n) is 18.0. The molecule has 0 aromatic rings. The zero-order chi connectivity index (χ0) is 35.6. The quantitative estimate of drug-likeness (QED) is 0.0470. The Labute approximate surface area is 288 Å². The van der Waals surface area contributed by atoms with Crippen molar-refractivity contribution in [2.75, 3.05) is 13.2 Å². The smallest absolute Gasteiger partial charge is 0.249 e. The number of rotatable bonds is 27. The molecule has 9 unspecified atom stereocenters. The molecular formula is C37H65NO10. The Morgan fingerprint density at radius 3 is 1.92 bits per heavy atom. The minimum Gasteiger partial charge on any atom is -0.394 e. The Hall–Kier alpha value is -1.93. The van der Waals surface area contributed by atoms with E-state index < -0.39 is 74.2 Å². The van der Waals surface area contributed by atoms with Crippen molar-refractivity contribution in [3.05, 3.63) is 48.6 Å². The molecule has 1 rings (SSSR count). The van der Waals surface area contributed by atoms with Gasteiger partial charge in [0.1, 0.15) is 36.6 Å². The van der Waals surface area contributed by atoms with Crippen molar-refractivity contribution < 1.29 is 50.0 Å². The van der Waals surface area contributed by atoms with Crippen LogP contribution in [0.25, 0.3) is 0 Å². The first-order valence-corrected chi connectivity index (χ1v) is 18.0. The fourth-order valence-electron chi connectivity index (χ4n) is 5.24. The highest BCUT2D eigenvalue weighted by atomic mass is 16.7. The van der Waals surface area contributed by atoms with Gasteiger partial charge in [-0.15, -0.1) is 0 Å². The SMILES string of the molecule is CC/C=C/CC/C=C/CC/C=C/CCCC(O)C(O)C(COC1OC(CO)C(O)C(O)C1O)NC(=O)C(O)CC/C=C\CCCCCC. The van der Waals surface area contributed by atoms with Crippen molar-refractivity contribution in [2.45, 2.75) is 165 Å². The molecule has 11 heteroatoms. The standard InChI is InChI=1S/C37H65NO10/c1-3-5-7-9-11-13-14-15-16-17-19-20-22-24-29(40)32(42)28(27-47-37-35(45)34(44)33(43)31(26-39)48-37)38-36(46)30(41)25-23-21-18-12-10-8-6-4-2/h5,7,13-14,17-19,21,28-35,37,39-45H,3-4,6,8-12,15-16,20,22-27H2,1-2H3,(H,38,46)/b7-5+,14-13+,19-17+,21-18-. The van der Waals surface area contributed by atoms with Gasteiger partial charge in [-0.3, -0.25) is 4.79 Å². The summed E-state index contributed by atoms with van der Waals surface area (Å²) in [5.74, 6) is -0.755. The van der Waals surface area contributed by atoms with Gasteiger partial charge in [-0.05, 0) is 77.0 Å². The number of amides is 1. The number of unbranched alkanes of at least 4 members (excludes halogenated alkanes) is 7.